The number of hydrogen-bond acceptors (Lipinski definition) is 4. The fraction of sp³-hybridized carbons (Fsp3) is 0.524. The van der Waals surface area contributed by atoms with Crippen LogP contribution in [0.3, 0.4) is 0 Å². The number of thioether (sulfide) groups is 1. The third-order valence-electron chi connectivity index (χ3n) is 5.18. The lowest BCUT2D eigenvalue weighted by atomic mass is 9.84. The number of ether oxygens (including phenoxy) is 1. The first-order valence-electron chi connectivity index (χ1n) is 9.59. The van der Waals surface area contributed by atoms with Gasteiger partial charge in [0.05, 0.1) is 4.91 Å². The largest absolute Gasteiger partial charge is 0.385 e. The molecule has 27 heavy (non-hydrogen) atoms. The van der Waals surface area contributed by atoms with E-state index in [1.165, 1.54) is 5.56 Å². The first-order valence-corrected chi connectivity index (χ1v) is 10.5. The van der Waals surface area contributed by atoms with Gasteiger partial charge >= 0.3 is 0 Å². The summed E-state index contributed by atoms with van der Waals surface area (Å²) in [6, 6.07) is 8.25. The van der Waals surface area contributed by atoms with E-state index in [0.29, 0.717) is 18.4 Å². The maximum Gasteiger partial charge on any atom is 0.257 e. The number of nitrogens with one attached hydrogen (secondary N) is 2. The van der Waals surface area contributed by atoms with Crippen LogP contribution in [0.25, 0.3) is 6.08 Å². The summed E-state index contributed by atoms with van der Waals surface area (Å²) in [5.74, 6) is 0.0603. The number of methoxy groups -OCH3 is 1. The molecule has 3 unspecified atom stereocenters. The van der Waals surface area contributed by atoms with E-state index < -0.39 is 0 Å². The first kappa shape index (κ1) is 20.0. The topological polar surface area (TPSA) is 67.4 Å². The molecule has 0 bridgehead atoms. The first-order chi connectivity index (χ1) is 13.1. The summed E-state index contributed by atoms with van der Waals surface area (Å²) < 4.78 is 5.00. The number of rotatable bonds is 6. The molecule has 0 radical (unpaired) electrons. The summed E-state index contributed by atoms with van der Waals surface area (Å²) in [6.45, 7) is 3.34. The molecule has 1 aliphatic heterocycles. The highest BCUT2D eigenvalue weighted by Crippen LogP contribution is 2.39. The molecule has 1 saturated heterocycles. The van der Waals surface area contributed by atoms with Crippen molar-refractivity contribution in [2.75, 3.05) is 20.3 Å². The average molecular weight is 389 g/mol. The number of carbonyl (C=O) groups excluding carboxylic acids is 2. The van der Waals surface area contributed by atoms with E-state index in [1.54, 1.807) is 18.9 Å². The van der Waals surface area contributed by atoms with Crippen molar-refractivity contribution in [3.8, 4) is 0 Å². The molecule has 2 amide bonds. The van der Waals surface area contributed by atoms with Gasteiger partial charge in [-0.05, 0) is 44.2 Å². The second-order valence-corrected chi connectivity index (χ2v) is 8.58. The molecule has 1 saturated carbocycles. The monoisotopic (exact) mass is 388 g/mol. The Labute approximate surface area is 165 Å². The molecule has 0 spiro atoms. The van der Waals surface area contributed by atoms with Crippen molar-refractivity contribution in [2.45, 2.75) is 43.9 Å². The van der Waals surface area contributed by atoms with Crippen LogP contribution in [0.2, 0.25) is 0 Å². The summed E-state index contributed by atoms with van der Waals surface area (Å²) >= 11 is 1.66. The number of aryl methyl sites for hydroxylation is 1. The van der Waals surface area contributed by atoms with Crippen molar-refractivity contribution >= 4 is 29.7 Å². The summed E-state index contributed by atoms with van der Waals surface area (Å²) in [6.07, 6.45) is 5.32. The zero-order valence-corrected chi connectivity index (χ0v) is 16.8. The van der Waals surface area contributed by atoms with Crippen LogP contribution >= 0.6 is 11.8 Å². The molecule has 6 heteroatoms. The van der Waals surface area contributed by atoms with Crippen LogP contribution in [0.15, 0.2) is 29.2 Å². The third kappa shape index (κ3) is 5.36. The van der Waals surface area contributed by atoms with Crippen molar-refractivity contribution in [3.63, 3.8) is 0 Å². The molecule has 3 rings (SSSR count). The van der Waals surface area contributed by atoms with E-state index in [9.17, 15) is 9.59 Å². The zero-order chi connectivity index (χ0) is 19.2. The molecule has 1 aromatic carbocycles. The van der Waals surface area contributed by atoms with E-state index in [2.05, 4.69) is 29.7 Å². The van der Waals surface area contributed by atoms with Crippen LogP contribution in [-0.4, -0.2) is 43.4 Å². The lowest BCUT2D eigenvalue weighted by Gasteiger charge is -2.39. The van der Waals surface area contributed by atoms with E-state index in [0.717, 1.165) is 36.2 Å². The predicted molar refractivity (Wildman–Crippen MR) is 109 cm³/mol. The average Bonchev–Trinajstić information content (AvgIpc) is 2.67. The fourth-order valence-electron chi connectivity index (χ4n) is 3.62. The molecule has 2 N–H and O–H groups in total. The van der Waals surface area contributed by atoms with Crippen LogP contribution in [0.1, 0.15) is 36.8 Å². The van der Waals surface area contributed by atoms with Crippen molar-refractivity contribution in [1.82, 2.24) is 10.6 Å². The van der Waals surface area contributed by atoms with Crippen LogP contribution in [0.4, 0.5) is 0 Å². The number of amides is 2. The molecule has 5 nitrogen and oxygen atoms in total. The van der Waals surface area contributed by atoms with Gasteiger partial charge in [0.25, 0.3) is 5.91 Å². The Morgan fingerprint density at radius 2 is 2.11 bits per heavy atom. The highest BCUT2D eigenvalue weighted by atomic mass is 32.2. The van der Waals surface area contributed by atoms with Crippen LogP contribution in [0, 0.1) is 12.8 Å². The minimum atomic E-state index is -0.0250. The minimum absolute atomic E-state index is 0.0164. The molecule has 1 heterocycles. The van der Waals surface area contributed by atoms with E-state index in [-0.39, 0.29) is 23.8 Å². The summed E-state index contributed by atoms with van der Waals surface area (Å²) in [5.41, 5.74) is 2.25. The highest BCUT2D eigenvalue weighted by molar-refractivity contribution is 8.04. The van der Waals surface area contributed by atoms with Crippen LogP contribution < -0.4 is 10.6 Å². The maximum atomic E-state index is 12.5. The van der Waals surface area contributed by atoms with Gasteiger partial charge in [0.15, 0.2) is 0 Å². The second-order valence-electron chi connectivity index (χ2n) is 7.30. The van der Waals surface area contributed by atoms with Crippen LogP contribution in [0.5, 0.6) is 0 Å². The van der Waals surface area contributed by atoms with E-state index in [4.69, 9.17) is 4.74 Å². The quantitative estimate of drug-likeness (QED) is 0.581. The van der Waals surface area contributed by atoms with Gasteiger partial charge in [-0.25, -0.2) is 0 Å². The van der Waals surface area contributed by atoms with Gasteiger partial charge in [0, 0.05) is 37.5 Å². The Bertz CT molecular complexity index is 702. The molecule has 146 valence electrons. The third-order valence-corrected chi connectivity index (χ3v) is 6.60. The summed E-state index contributed by atoms with van der Waals surface area (Å²) in [4.78, 5) is 25.7. The van der Waals surface area contributed by atoms with Crippen molar-refractivity contribution in [1.29, 1.82) is 0 Å². The van der Waals surface area contributed by atoms with Gasteiger partial charge in [0.2, 0.25) is 5.91 Å². The van der Waals surface area contributed by atoms with Crippen molar-refractivity contribution < 1.29 is 14.3 Å². The molecule has 2 aliphatic rings. The van der Waals surface area contributed by atoms with Gasteiger partial charge in [0.1, 0.15) is 0 Å². The smallest absolute Gasteiger partial charge is 0.257 e. The number of fused-ring (bicyclic) bond motifs is 1. The predicted octanol–water partition coefficient (Wildman–Crippen LogP) is 2.89. The Balaban J connectivity index is 1.56. The molecule has 3 atom stereocenters. The Kier molecular flexibility index (Phi) is 6.96. The fourth-order valence-corrected chi connectivity index (χ4v) is 4.91. The molecule has 1 aliphatic carbocycles. The van der Waals surface area contributed by atoms with E-state index in [1.807, 2.05) is 18.2 Å². The van der Waals surface area contributed by atoms with Gasteiger partial charge in [-0.3, -0.25) is 9.59 Å². The summed E-state index contributed by atoms with van der Waals surface area (Å²) in [7, 11) is 1.66. The van der Waals surface area contributed by atoms with Gasteiger partial charge in [-0.15, -0.1) is 11.8 Å². The number of hydrogen-bond donors (Lipinski definition) is 2. The highest BCUT2D eigenvalue weighted by Gasteiger charge is 2.39. The van der Waals surface area contributed by atoms with E-state index >= 15 is 0 Å². The number of benzene rings is 1. The van der Waals surface area contributed by atoms with Gasteiger partial charge in [-0.1, -0.05) is 29.8 Å². The van der Waals surface area contributed by atoms with Crippen LogP contribution in [-0.2, 0) is 14.3 Å². The van der Waals surface area contributed by atoms with Gasteiger partial charge < -0.3 is 15.4 Å². The lowest BCUT2D eigenvalue weighted by Crippen LogP contribution is -2.51. The SMILES string of the molecule is COCCCNC(=O)C1CCC2S/C(=C/c3ccc(C)cc3)C(=O)NC2C1. The summed E-state index contributed by atoms with van der Waals surface area (Å²) in [5, 5.41) is 6.47. The molecular formula is C21H28N2O3S. The molecular weight excluding hydrogens is 360 g/mol. The minimum Gasteiger partial charge on any atom is -0.385 e. The molecule has 0 aromatic heterocycles. The normalized spacial score (nSPS) is 26.4. The van der Waals surface area contributed by atoms with Crippen molar-refractivity contribution in [2.24, 2.45) is 5.92 Å². The molecule has 1 aromatic rings. The Hall–Kier alpha value is -1.79. The standard InChI is InChI=1S/C21H28N2O3S/c1-14-4-6-15(7-5-14)12-19-21(25)23-17-13-16(8-9-18(17)27-19)20(24)22-10-3-11-26-2/h4-7,12,16-18H,3,8-11,13H2,1-2H3,(H,22,24)(H,23,25)/b19-12+. The number of carbonyl (C=O) groups is 2. The Morgan fingerprint density at radius 3 is 2.85 bits per heavy atom. The van der Waals surface area contributed by atoms with Gasteiger partial charge in [-0.2, -0.15) is 0 Å². The van der Waals surface area contributed by atoms with Crippen molar-refractivity contribution in [3.05, 3.63) is 40.3 Å². The lowest BCUT2D eigenvalue weighted by molar-refractivity contribution is -0.127. The zero-order valence-electron chi connectivity index (χ0n) is 16.0. The molecule has 2 fully saturated rings. The maximum absolute atomic E-state index is 12.5. The Morgan fingerprint density at radius 1 is 1.33 bits per heavy atom. The second kappa shape index (κ2) is 9.42.